The van der Waals surface area contributed by atoms with Gasteiger partial charge in [0.25, 0.3) is 0 Å². The zero-order valence-electron chi connectivity index (χ0n) is 33.7. The van der Waals surface area contributed by atoms with Gasteiger partial charge in [0.15, 0.2) is 0 Å². The Morgan fingerprint density at radius 1 is 0.242 bits per heavy atom. The van der Waals surface area contributed by atoms with Gasteiger partial charge in [0, 0.05) is 27.8 Å². The van der Waals surface area contributed by atoms with Crippen LogP contribution in [0.25, 0.3) is 109 Å². The van der Waals surface area contributed by atoms with E-state index in [1.165, 1.54) is 86.9 Å². The van der Waals surface area contributed by atoms with Crippen molar-refractivity contribution in [2.75, 3.05) is 4.90 Å². The van der Waals surface area contributed by atoms with Crippen LogP contribution in [-0.2, 0) is 0 Å². The minimum atomic E-state index is 0.898. The molecule has 0 bridgehead atoms. The molecule has 1 heterocycles. The minimum absolute atomic E-state index is 0.898. The second-order valence-corrected chi connectivity index (χ2v) is 16.5. The standard InChI is InChI=1S/C60H37NO/c1-3-14-42-33-47(30-23-38(42)11-1)61(48-31-24-39-12-2-4-15-43(39)34-48)46-28-25-41(26-29-46)59-50-17-7-9-19-52(50)60(53-20-10-8-18-51(53)59)45-27-32-57-55(36-45)56-35-44-22-21-40-13-5-6-16-49(40)54(44)37-58(56)62-57/h1-37H. The summed E-state index contributed by atoms with van der Waals surface area (Å²) in [6.07, 6.45) is 0. The highest BCUT2D eigenvalue weighted by molar-refractivity contribution is 6.23. The second kappa shape index (κ2) is 13.7. The number of hydrogen-bond donors (Lipinski definition) is 0. The smallest absolute Gasteiger partial charge is 0.136 e. The van der Waals surface area contributed by atoms with Gasteiger partial charge in [-0.2, -0.15) is 0 Å². The van der Waals surface area contributed by atoms with E-state index in [1.807, 2.05) is 0 Å². The average molecular weight is 788 g/mol. The maximum absolute atomic E-state index is 6.57. The van der Waals surface area contributed by atoms with Gasteiger partial charge in [-0.25, -0.2) is 0 Å². The summed E-state index contributed by atoms with van der Waals surface area (Å²) in [6, 6.07) is 81.9. The number of anilines is 3. The van der Waals surface area contributed by atoms with Gasteiger partial charge >= 0.3 is 0 Å². The van der Waals surface area contributed by atoms with E-state index in [0.717, 1.165) is 39.0 Å². The van der Waals surface area contributed by atoms with Crippen molar-refractivity contribution < 1.29 is 4.42 Å². The summed E-state index contributed by atoms with van der Waals surface area (Å²) in [5.41, 5.74) is 9.99. The van der Waals surface area contributed by atoms with Gasteiger partial charge in [-0.05, 0) is 148 Å². The fourth-order valence-electron chi connectivity index (χ4n) is 10.0. The van der Waals surface area contributed by atoms with Gasteiger partial charge in [-0.1, -0.05) is 164 Å². The molecular weight excluding hydrogens is 751 g/mol. The average Bonchev–Trinajstić information content (AvgIpc) is 3.69. The van der Waals surface area contributed by atoms with Crippen LogP contribution in [0.4, 0.5) is 17.1 Å². The Balaban J connectivity index is 0.967. The van der Waals surface area contributed by atoms with Crippen LogP contribution < -0.4 is 4.90 Å². The minimum Gasteiger partial charge on any atom is -0.456 e. The van der Waals surface area contributed by atoms with Crippen molar-refractivity contribution in [3.05, 3.63) is 224 Å². The molecule has 0 amide bonds. The first-order valence-corrected chi connectivity index (χ1v) is 21.3. The Hall–Kier alpha value is -8.20. The normalized spacial score (nSPS) is 11.9. The summed E-state index contributed by atoms with van der Waals surface area (Å²) in [5, 5.41) is 17.0. The lowest BCUT2D eigenvalue weighted by Gasteiger charge is -2.26. The monoisotopic (exact) mass is 787 g/mol. The van der Waals surface area contributed by atoms with Crippen LogP contribution in [0.15, 0.2) is 229 Å². The Kier molecular flexibility index (Phi) is 7.64. The van der Waals surface area contributed by atoms with Crippen LogP contribution in [0.1, 0.15) is 0 Å². The molecule has 0 aliphatic rings. The van der Waals surface area contributed by atoms with E-state index in [-0.39, 0.29) is 0 Å². The molecule has 0 unspecified atom stereocenters. The van der Waals surface area contributed by atoms with Crippen molar-refractivity contribution in [1.29, 1.82) is 0 Å². The van der Waals surface area contributed by atoms with E-state index in [9.17, 15) is 0 Å². The number of fused-ring (bicyclic) bond motifs is 10. The van der Waals surface area contributed by atoms with Crippen molar-refractivity contribution >= 4 is 104 Å². The lowest BCUT2D eigenvalue weighted by atomic mass is 9.85. The molecule has 2 heteroatoms. The summed E-state index contributed by atoms with van der Waals surface area (Å²) in [7, 11) is 0. The Morgan fingerprint density at radius 2 is 0.694 bits per heavy atom. The molecule has 13 aromatic rings. The van der Waals surface area contributed by atoms with E-state index in [0.29, 0.717) is 0 Å². The van der Waals surface area contributed by atoms with Crippen LogP contribution in [0.2, 0.25) is 0 Å². The van der Waals surface area contributed by atoms with Gasteiger partial charge in [0.2, 0.25) is 0 Å². The van der Waals surface area contributed by atoms with Crippen LogP contribution in [0, 0.1) is 0 Å². The Morgan fingerprint density at radius 3 is 1.31 bits per heavy atom. The van der Waals surface area contributed by atoms with Gasteiger partial charge in [-0.15, -0.1) is 0 Å². The van der Waals surface area contributed by atoms with Gasteiger partial charge < -0.3 is 9.32 Å². The van der Waals surface area contributed by atoms with E-state index in [2.05, 4.69) is 229 Å². The van der Waals surface area contributed by atoms with Crippen molar-refractivity contribution in [1.82, 2.24) is 0 Å². The fraction of sp³-hybridized carbons (Fsp3) is 0. The molecule has 12 aromatic carbocycles. The zero-order chi connectivity index (χ0) is 40.7. The van der Waals surface area contributed by atoms with Crippen molar-refractivity contribution in [2.45, 2.75) is 0 Å². The predicted molar refractivity (Wildman–Crippen MR) is 264 cm³/mol. The van der Waals surface area contributed by atoms with Crippen molar-refractivity contribution in [2.24, 2.45) is 0 Å². The number of furan rings is 1. The van der Waals surface area contributed by atoms with Gasteiger partial charge in [0.05, 0.1) is 0 Å². The lowest BCUT2D eigenvalue weighted by Crippen LogP contribution is -2.09. The molecule has 0 N–H and O–H groups in total. The van der Waals surface area contributed by atoms with Gasteiger partial charge in [-0.3, -0.25) is 0 Å². The van der Waals surface area contributed by atoms with Crippen molar-refractivity contribution in [3.8, 4) is 22.3 Å². The molecule has 0 aliphatic heterocycles. The number of nitrogens with zero attached hydrogens (tertiary/aromatic N) is 1. The molecule has 288 valence electrons. The summed E-state index contributed by atoms with van der Waals surface area (Å²) in [4.78, 5) is 2.38. The molecule has 62 heavy (non-hydrogen) atoms. The molecule has 0 spiro atoms. The van der Waals surface area contributed by atoms with Crippen LogP contribution >= 0.6 is 0 Å². The van der Waals surface area contributed by atoms with E-state index < -0.39 is 0 Å². The van der Waals surface area contributed by atoms with E-state index in [1.54, 1.807) is 0 Å². The number of hydrogen-bond acceptors (Lipinski definition) is 2. The molecule has 0 atom stereocenters. The molecule has 13 rings (SSSR count). The summed E-state index contributed by atoms with van der Waals surface area (Å²) in [6.45, 7) is 0. The third-order valence-electron chi connectivity index (χ3n) is 13.0. The summed E-state index contributed by atoms with van der Waals surface area (Å²) < 4.78 is 6.57. The van der Waals surface area contributed by atoms with Crippen molar-refractivity contribution in [3.63, 3.8) is 0 Å². The highest BCUT2D eigenvalue weighted by atomic mass is 16.3. The third kappa shape index (κ3) is 5.44. The maximum Gasteiger partial charge on any atom is 0.136 e. The highest BCUT2D eigenvalue weighted by Crippen LogP contribution is 2.46. The molecule has 2 nitrogen and oxygen atoms in total. The third-order valence-corrected chi connectivity index (χ3v) is 13.0. The predicted octanol–water partition coefficient (Wildman–Crippen LogP) is 17.3. The molecule has 0 saturated heterocycles. The molecular formula is C60H37NO. The molecule has 0 aliphatic carbocycles. The van der Waals surface area contributed by atoms with E-state index >= 15 is 0 Å². The summed E-state index contributed by atoms with van der Waals surface area (Å²) in [5.74, 6) is 0. The Bertz CT molecular complexity index is 3800. The second-order valence-electron chi connectivity index (χ2n) is 16.5. The van der Waals surface area contributed by atoms with E-state index in [4.69, 9.17) is 4.42 Å². The molecule has 0 fully saturated rings. The topological polar surface area (TPSA) is 16.4 Å². The molecule has 1 aromatic heterocycles. The first-order chi connectivity index (χ1) is 30.7. The maximum atomic E-state index is 6.57. The molecule has 0 saturated carbocycles. The summed E-state index contributed by atoms with van der Waals surface area (Å²) >= 11 is 0. The largest absolute Gasteiger partial charge is 0.456 e. The number of rotatable bonds is 5. The van der Waals surface area contributed by atoms with Crippen LogP contribution in [0.5, 0.6) is 0 Å². The number of benzene rings is 12. The first-order valence-electron chi connectivity index (χ1n) is 21.3. The van der Waals surface area contributed by atoms with Crippen LogP contribution in [-0.4, -0.2) is 0 Å². The SMILES string of the molecule is c1ccc2cc(N(c3ccc(-c4c5ccccc5c(-c5ccc6oc7cc8c(ccc9ccccc98)cc7c6c5)c5ccccc45)cc3)c3ccc4ccccc4c3)ccc2c1. The van der Waals surface area contributed by atoms with Crippen LogP contribution in [0.3, 0.4) is 0 Å². The molecule has 0 radical (unpaired) electrons. The zero-order valence-corrected chi connectivity index (χ0v) is 33.7. The quantitative estimate of drug-likeness (QED) is 0.128. The highest BCUT2D eigenvalue weighted by Gasteiger charge is 2.20. The Labute approximate surface area is 358 Å². The van der Waals surface area contributed by atoms with Gasteiger partial charge in [0.1, 0.15) is 11.2 Å². The fourth-order valence-corrected chi connectivity index (χ4v) is 10.0. The lowest BCUT2D eigenvalue weighted by molar-refractivity contribution is 0.669. The first kappa shape index (κ1) is 34.6.